The lowest BCUT2D eigenvalue weighted by Crippen LogP contribution is -2.31. The third-order valence-electron chi connectivity index (χ3n) is 4.59. The standard InChI is InChI=1S/C18H24N4O2/c1-2-8-21-9-6-14(13-21)12-20-17(23)15-4-3-5-16(11-15)22-10-7-19-18(22)24/h2-5,11,14H,1,6-10,12-13H2,(H,19,24)(H,20,23)/t14-/m1/s1. The highest BCUT2D eigenvalue weighted by atomic mass is 16.2. The number of hydrogen-bond acceptors (Lipinski definition) is 3. The van der Waals surface area contributed by atoms with Gasteiger partial charge in [0.2, 0.25) is 0 Å². The van der Waals surface area contributed by atoms with E-state index < -0.39 is 0 Å². The Balaban J connectivity index is 1.55. The maximum absolute atomic E-state index is 12.4. The molecule has 0 bridgehead atoms. The molecule has 2 N–H and O–H groups in total. The van der Waals surface area contributed by atoms with E-state index in [9.17, 15) is 9.59 Å². The van der Waals surface area contributed by atoms with Crippen LogP contribution in [0.3, 0.4) is 0 Å². The maximum Gasteiger partial charge on any atom is 0.321 e. The maximum atomic E-state index is 12.4. The Morgan fingerprint density at radius 2 is 2.29 bits per heavy atom. The lowest BCUT2D eigenvalue weighted by atomic mass is 10.1. The Labute approximate surface area is 142 Å². The first-order valence-electron chi connectivity index (χ1n) is 8.44. The average Bonchev–Trinajstić information content (AvgIpc) is 3.22. The molecular weight excluding hydrogens is 304 g/mol. The van der Waals surface area contributed by atoms with Gasteiger partial charge in [0.15, 0.2) is 0 Å². The summed E-state index contributed by atoms with van der Waals surface area (Å²) in [6, 6.07) is 7.12. The molecule has 0 unspecified atom stereocenters. The topological polar surface area (TPSA) is 64.7 Å². The molecule has 2 saturated heterocycles. The van der Waals surface area contributed by atoms with Gasteiger partial charge in [0, 0.05) is 44.0 Å². The summed E-state index contributed by atoms with van der Waals surface area (Å²) >= 11 is 0. The number of carbonyl (C=O) groups is 2. The van der Waals surface area contributed by atoms with Gasteiger partial charge in [0.1, 0.15) is 0 Å². The number of nitrogens with one attached hydrogen (secondary N) is 2. The van der Waals surface area contributed by atoms with Crippen molar-refractivity contribution in [3.63, 3.8) is 0 Å². The average molecular weight is 328 g/mol. The first kappa shape index (κ1) is 16.5. The van der Waals surface area contributed by atoms with Crippen LogP contribution in [0.15, 0.2) is 36.9 Å². The number of benzene rings is 1. The fourth-order valence-corrected chi connectivity index (χ4v) is 3.30. The molecule has 1 atom stereocenters. The van der Waals surface area contributed by atoms with Crippen LogP contribution in [0, 0.1) is 5.92 Å². The number of carbonyl (C=O) groups excluding carboxylic acids is 2. The van der Waals surface area contributed by atoms with Crippen molar-refractivity contribution in [3.8, 4) is 0 Å². The zero-order chi connectivity index (χ0) is 16.9. The molecule has 0 aromatic heterocycles. The smallest absolute Gasteiger partial charge is 0.321 e. The van der Waals surface area contributed by atoms with E-state index in [1.165, 1.54) is 0 Å². The van der Waals surface area contributed by atoms with Gasteiger partial charge < -0.3 is 10.6 Å². The lowest BCUT2D eigenvalue weighted by molar-refractivity contribution is 0.0947. The van der Waals surface area contributed by atoms with Gasteiger partial charge in [-0.25, -0.2) is 4.79 Å². The Morgan fingerprint density at radius 3 is 3.04 bits per heavy atom. The van der Waals surface area contributed by atoms with Crippen molar-refractivity contribution in [1.82, 2.24) is 15.5 Å². The van der Waals surface area contributed by atoms with E-state index in [2.05, 4.69) is 22.1 Å². The van der Waals surface area contributed by atoms with Crippen LogP contribution in [0.2, 0.25) is 0 Å². The highest BCUT2D eigenvalue weighted by Gasteiger charge is 2.23. The molecule has 1 aromatic carbocycles. The molecule has 6 heteroatoms. The number of nitrogens with zero attached hydrogens (tertiary/aromatic N) is 2. The Hall–Kier alpha value is -2.34. The molecule has 0 radical (unpaired) electrons. The number of amides is 3. The van der Waals surface area contributed by atoms with Crippen LogP contribution < -0.4 is 15.5 Å². The predicted molar refractivity (Wildman–Crippen MR) is 94.3 cm³/mol. The minimum atomic E-state index is -0.110. The minimum Gasteiger partial charge on any atom is -0.352 e. The number of urea groups is 1. The molecule has 0 aliphatic carbocycles. The summed E-state index contributed by atoms with van der Waals surface area (Å²) in [7, 11) is 0. The van der Waals surface area contributed by atoms with E-state index in [1.54, 1.807) is 17.0 Å². The van der Waals surface area contributed by atoms with Crippen LogP contribution >= 0.6 is 0 Å². The Morgan fingerprint density at radius 1 is 1.42 bits per heavy atom. The first-order chi connectivity index (χ1) is 11.7. The zero-order valence-electron chi connectivity index (χ0n) is 13.8. The molecule has 128 valence electrons. The van der Waals surface area contributed by atoms with E-state index in [0.717, 1.165) is 31.7 Å². The van der Waals surface area contributed by atoms with E-state index >= 15 is 0 Å². The van der Waals surface area contributed by atoms with Gasteiger partial charge in [-0.15, -0.1) is 6.58 Å². The van der Waals surface area contributed by atoms with Crippen LogP contribution in [0.4, 0.5) is 10.5 Å². The molecule has 3 rings (SSSR count). The third-order valence-corrected chi connectivity index (χ3v) is 4.59. The fraction of sp³-hybridized carbons (Fsp3) is 0.444. The molecule has 3 amide bonds. The number of hydrogen-bond donors (Lipinski definition) is 2. The second-order valence-electron chi connectivity index (χ2n) is 6.35. The summed E-state index contributed by atoms with van der Waals surface area (Å²) in [5.74, 6) is 0.403. The summed E-state index contributed by atoms with van der Waals surface area (Å²) in [6.45, 7) is 8.68. The van der Waals surface area contributed by atoms with Gasteiger partial charge in [0.05, 0.1) is 0 Å². The van der Waals surface area contributed by atoms with Crippen molar-refractivity contribution in [2.45, 2.75) is 6.42 Å². The van der Waals surface area contributed by atoms with Crippen molar-refractivity contribution < 1.29 is 9.59 Å². The molecular formula is C18H24N4O2. The molecule has 1 aromatic rings. The molecule has 24 heavy (non-hydrogen) atoms. The Bertz CT molecular complexity index is 631. The monoisotopic (exact) mass is 328 g/mol. The SMILES string of the molecule is C=CCN1CC[C@H](CNC(=O)c2cccc(N3CCNC3=O)c2)C1. The minimum absolute atomic E-state index is 0.0846. The normalized spacial score (nSPS) is 20.9. The van der Waals surface area contributed by atoms with E-state index in [-0.39, 0.29) is 11.9 Å². The van der Waals surface area contributed by atoms with Crippen LogP contribution in [-0.2, 0) is 0 Å². The number of anilines is 1. The largest absolute Gasteiger partial charge is 0.352 e. The first-order valence-corrected chi connectivity index (χ1v) is 8.44. The van der Waals surface area contributed by atoms with Crippen LogP contribution in [-0.4, -0.2) is 56.1 Å². The van der Waals surface area contributed by atoms with Gasteiger partial charge in [-0.3, -0.25) is 14.6 Å². The van der Waals surface area contributed by atoms with Crippen LogP contribution in [0.1, 0.15) is 16.8 Å². The molecule has 2 fully saturated rings. The quantitative estimate of drug-likeness (QED) is 0.777. The van der Waals surface area contributed by atoms with Crippen molar-refractivity contribution in [2.24, 2.45) is 5.92 Å². The highest BCUT2D eigenvalue weighted by Crippen LogP contribution is 2.19. The summed E-state index contributed by atoms with van der Waals surface area (Å²) in [5, 5.41) is 5.79. The van der Waals surface area contributed by atoms with Crippen molar-refractivity contribution in [3.05, 3.63) is 42.5 Å². The zero-order valence-corrected chi connectivity index (χ0v) is 13.8. The summed E-state index contributed by atoms with van der Waals surface area (Å²) in [6.07, 6.45) is 3.02. The van der Waals surface area contributed by atoms with Crippen LogP contribution in [0.5, 0.6) is 0 Å². The fourth-order valence-electron chi connectivity index (χ4n) is 3.30. The van der Waals surface area contributed by atoms with Crippen molar-refractivity contribution in [1.29, 1.82) is 0 Å². The second-order valence-corrected chi connectivity index (χ2v) is 6.35. The molecule has 2 heterocycles. The second kappa shape index (κ2) is 7.49. The summed E-state index contributed by atoms with van der Waals surface area (Å²) < 4.78 is 0. The predicted octanol–water partition coefficient (Wildman–Crippen LogP) is 1.45. The van der Waals surface area contributed by atoms with Crippen molar-refractivity contribution in [2.75, 3.05) is 44.2 Å². The summed E-state index contributed by atoms with van der Waals surface area (Å²) in [5.41, 5.74) is 1.35. The lowest BCUT2D eigenvalue weighted by Gasteiger charge is -2.16. The molecule has 2 aliphatic heterocycles. The number of rotatable bonds is 6. The van der Waals surface area contributed by atoms with E-state index in [1.807, 2.05) is 18.2 Å². The third kappa shape index (κ3) is 3.76. The van der Waals surface area contributed by atoms with E-state index in [0.29, 0.717) is 31.1 Å². The molecule has 0 spiro atoms. The van der Waals surface area contributed by atoms with Gasteiger partial charge in [-0.1, -0.05) is 12.1 Å². The summed E-state index contributed by atoms with van der Waals surface area (Å²) in [4.78, 5) is 28.1. The molecule has 6 nitrogen and oxygen atoms in total. The van der Waals surface area contributed by atoms with Gasteiger partial charge >= 0.3 is 6.03 Å². The number of likely N-dealkylation sites (tertiary alicyclic amines) is 1. The highest BCUT2D eigenvalue weighted by molar-refractivity contribution is 5.98. The Kier molecular flexibility index (Phi) is 5.15. The van der Waals surface area contributed by atoms with Crippen LogP contribution in [0.25, 0.3) is 0 Å². The molecule has 2 aliphatic rings. The van der Waals surface area contributed by atoms with Gasteiger partial charge in [0.25, 0.3) is 5.91 Å². The van der Waals surface area contributed by atoms with E-state index in [4.69, 9.17) is 0 Å². The van der Waals surface area contributed by atoms with Gasteiger partial charge in [-0.2, -0.15) is 0 Å². The van der Waals surface area contributed by atoms with Crippen molar-refractivity contribution >= 4 is 17.6 Å². The molecule has 0 saturated carbocycles. The van der Waals surface area contributed by atoms with Gasteiger partial charge in [-0.05, 0) is 37.1 Å².